The van der Waals surface area contributed by atoms with Gasteiger partial charge in [-0.3, -0.25) is 9.78 Å². The van der Waals surface area contributed by atoms with Crippen molar-refractivity contribution in [1.82, 2.24) is 9.88 Å². The summed E-state index contributed by atoms with van der Waals surface area (Å²) in [4.78, 5) is 20.4. The third-order valence-corrected chi connectivity index (χ3v) is 5.04. The van der Waals surface area contributed by atoms with E-state index in [1.165, 1.54) is 10.4 Å². The molecule has 1 unspecified atom stereocenters. The molecule has 2 N–H and O–H groups in total. The molecule has 0 bridgehead atoms. The number of hydrogen-bond acceptors (Lipinski definition) is 4. The van der Waals surface area contributed by atoms with E-state index in [-0.39, 0.29) is 16.9 Å². The minimum absolute atomic E-state index is 0.0474. The van der Waals surface area contributed by atoms with Gasteiger partial charge in [0.05, 0.1) is 6.04 Å². The standard InChI is InChI=1S/C15H15N3OS2/c1-9-11-5-7-21-13(11)4-6-18(9)15(19)12-3-2-10(8-17-12)14(16)20/h2-3,5,7-9H,4,6H2,1H3,(H2,16,20). The quantitative estimate of drug-likeness (QED) is 0.865. The maximum atomic E-state index is 12.6. The Kier molecular flexibility index (Phi) is 3.73. The number of amides is 1. The Morgan fingerprint density at radius 3 is 2.95 bits per heavy atom. The fourth-order valence-electron chi connectivity index (χ4n) is 2.60. The van der Waals surface area contributed by atoms with Gasteiger partial charge in [-0.1, -0.05) is 12.2 Å². The molecule has 0 aliphatic carbocycles. The molecule has 0 aromatic carbocycles. The summed E-state index contributed by atoms with van der Waals surface area (Å²) >= 11 is 6.65. The van der Waals surface area contributed by atoms with E-state index >= 15 is 0 Å². The van der Waals surface area contributed by atoms with Crippen LogP contribution in [0.25, 0.3) is 0 Å². The zero-order valence-electron chi connectivity index (χ0n) is 11.6. The fourth-order valence-corrected chi connectivity index (χ4v) is 3.68. The number of carbonyl (C=O) groups excluding carboxylic acids is 1. The lowest BCUT2D eigenvalue weighted by Gasteiger charge is -2.33. The van der Waals surface area contributed by atoms with E-state index in [0.29, 0.717) is 11.3 Å². The third kappa shape index (κ3) is 2.56. The normalized spacial score (nSPS) is 17.4. The predicted molar refractivity (Wildman–Crippen MR) is 87.6 cm³/mol. The molecule has 0 saturated carbocycles. The molecule has 21 heavy (non-hydrogen) atoms. The summed E-state index contributed by atoms with van der Waals surface area (Å²) in [5, 5.41) is 2.09. The smallest absolute Gasteiger partial charge is 0.272 e. The maximum absolute atomic E-state index is 12.6. The number of thiocarbonyl (C=S) groups is 1. The molecule has 1 atom stereocenters. The van der Waals surface area contributed by atoms with Crippen LogP contribution in [-0.2, 0) is 6.42 Å². The topological polar surface area (TPSA) is 59.2 Å². The van der Waals surface area contributed by atoms with Crippen molar-refractivity contribution in [1.29, 1.82) is 0 Å². The van der Waals surface area contributed by atoms with E-state index < -0.39 is 0 Å². The van der Waals surface area contributed by atoms with E-state index in [1.54, 1.807) is 29.7 Å². The first-order valence-electron chi connectivity index (χ1n) is 6.71. The van der Waals surface area contributed by atoms with Crippen LogP contribution in [-0.4, -0.2) is 27.3 Å². The van der Waals surface area contributed by atoms with Gasteiger partial charge in [0.2, 0.25) is 0 Å². The van der Waals surface area contributed by atoms with Crippen molar-refractivity contribution >= 4 is 34.5 Å². The minimum atomic E-state index is -0.0474. The summed E-state index contributed by atoms with van der Waals surface area (Å²) in [6.07, 6.45) is 2.47. The lowest BCUT2D eigenvalue weighted by atomic mass is 10.0. The molecular weight excluding hydrogens is 302 g/mol. The lowest BCUT2D eigenvalue weighted by Crippen LogP contribution is -2.38. The van der Waals surface area contributed by atoms with Crippen molar-refractivity contribution in [3.8, 4) is 0 Å². The van der Waals surface area contributed by atoms with Crippen LogP contribution in [0.4, 0.5) is 0 Å². The van der Waals surface area contributed by atoms with E-state index in [1.807, 2.05) is 4.90 Å². The number of nitrogens with zero attached hydrogens (tertiary/aromatic N) is 2. The Morgan fingerprint density at radius 2 is 2.29 bits per heavy atom. The van der Waals surface area contributed by atoms with Gasteiger partial charge in [-0.25, -0.2) is 0 Å². The summed E-state index contributed by atoms with van der Waals surface area (Å²) in [6, 6.07) is 5.62. The largest absolute Gasteiger partial charge is 0.389 e. The van der Waals surface area contributed by atoms with Gasteiger partial charge >= 0.3 is 0 Å². The van der Waals surface area contributed by atoms with Crippen LogP contribution in [0.1, 0.15) is 39.5 Å². The molecule has 3 rings (SSSR count). The van der Waals surface area contributed by atoms with Crippen LogP contribution in [0.2, 0.25) is 0 Å². The average molecular weight is 317 g/mol. The zero-order valence-corrected chi connectivity index (χ0v) is 13.2. The first-order chi connectivity index (χ1) is 10.1. The summed E-state index contributed by atoms with van der Waals surface area (Å²) in [6.45, 7) is 2.79. The molecule has 1 aliphatic heterocycles. The number of nitrogens with two attached hydrogens (primary N) is 1. The summed E-state index contributed by atoms with van der Waals surface area (Å²) in [5.41, 5.74) is 7.90. The summed E-state index contributed by atoms with van der Waals surface area (Å²) in [5.74, 6) is -0.0474. The number of carbonyl (C=O) groups is 1. The van der Waals surface area contributed by atoms with Crippen molar-refractivity contribution in [2.75, 3.05) is 6.54 Å². The average Bonchev–Trinajstić information content (AvgIpc) is 2.96. The molecule has 0 fully saturated rings. The van der Waals surface area contributed by atoms with Crippen molar-refractivity contribution in [3.05, 3.63) is 51.5 Å². The van der Waals surface area contributed by atoms with E-state index in [4.69, 9.17) is 18.0 Å². The Hall–Kier alpha value is -1.79. The lowest BCUT2D eigenvalue weighted by molar-refractivity contribution is 0.0673. The highest BCUT2D eigenvalue weighted by Crippen LogP contribution is 2.33. The van der Waals surface area contributed by atoms with Gasteiger partial charge in [0.1, 0.15) is 10.7 Å². The van der Waals surface area contributed by atoms with Crippen LogP contribution in [0, 0.1) is 0 Å². The predicted octanol–water partition coefficient (Wildman–Crippen LogP) is 2.54. The fraction of sp³-hybridized carbons (Fsp3) is 0.267. The number of fused-ring (bicyclic) bond motifs is 1. The van der Waals surface area contributed by atoms with Gasteiger partial charge in [0.15, 0.2) is 0 Å². The molecule has 0 saturated heterocycles. The molecule has 4 nitrogen and oxygen atoms in total. The zero-order chi connectivity index (χ0) is 15.0. The molecule has 2 aromatic rings. The van der Waals surface area contributed by atoms with Crippen molar-refractivity contribution in [2.24, 2.45) is 5.73 Å². The Bertz CT molecular complexity index is 693. The van der Waals surface area contributed by atoms with Gasteiger partial charge < -0.3 is 10.6 Å². The second-order valence-electron chi connectivity index (χ2n) is 5.02. The van der Waals surface area contributed by atoms with Gasteiger partial charge in [-0.15, -0.1) is 11.3 Å². The second kappa shape index (κ2) is 5.54. The van der Waals surface area contributed by atoms with Crippen LogP contribution in [0.3, 0.4) is 0 Å². The second-order valence-corrected chi connectivity index (χ2v) is 6.46. The van der Waals surface area contributed by atoms with Crippen molar-refractivity contribution in [3.63, 3.8) is 0 Å². The van der Waals surface area contributed by atoms with Crippen molar-refractivity contribution < 1.29 is 4.79 Å². The van der Waals surface area contributed by atoms with Crippen LogP contribution in [0.5, 0.6) is 0 Å². The molecule has 0 spiro atoms. The SMILES string of the molecule is CC1c2ccsc2CCN1C(=O)c1ccc(C(N)=S)cn1. The minimum Gasteiger partial charge on any atom is -0.389 e. The molecular formula is C15H15N3OS2. The molecule has 6 heteroatoms. The Balaban J connectivity index is 1.84. The van der Waals surface area contributed by atoms with Crippen molar-refractivity contribution in [2.45, 2.75) is 19.4 Å². The van der Waals surface area contributed by atoms with E-state index in [9.17, 15) is 4.79 Å². The maximum Gasteiger partial charge on any atom is 0.272 e. The molecule has 3 heterocycles. The van der Waals surface area contributed by atoms with Crippen LogP contribution < -0.4 is 5.73 Å². The van der Waals surface area contributed by atoms with Gasteiger partial charge in [0.25, 0.3) is 5.91 Å². The van der Waals surface area contributed by atoms with Gasteiger partial charge in [-0.05, 0) is 42.5 Å². The number of aromatic nitrogens is 1. The van der Waals surface area contributed by atoms with Gasteiger partial charge in [-0.2, -0.15) is 0 Å². The highest BCUT2D eigenvalue weighted by Gasteiger charge is 2.29. The Morgan fingerprint density at radius 1 is 1.48 bits per heavy atom. The number of thiophene rings is 1. The molecule has 0 radical (unpaired) electrons. The molecule has 1 amide bonds. The molecule has 1 aliphatic rings. The summed E-state index contributed by atoms with van der Waals surface area (Å²) in [7, 11) is 0. The summed E-state index contributed by atoms with van der Waals surface area (Å²) < 4.78 is 0. The van der Waals surface area contributed by atoms with Gasteiger partial charge in [0, 0.05) is 23.2 Å². The Labute approximate surface area is 132 Å². The highest BCUT2D eigenvalue weighted by atomic mass is 32.1. The highest BCUT2D eigenvalue weighted by molar-refractivity contribution is 7.80. The first-order valence-corrected chi connectivity index (χ1v) is 8.00. The first kappa shape index (κ1) is 14.2. The molecule has 108 valence electrons. The molecule has 2 aromatic heterocycles. The number of hydrogen-bond donors (Lipinski definition) is 1. The third-order valence-electron chi connectivity index (χ3n) is 3.81. The van der Waals surface area contributed by atoms with Crippen LogP contribution >= 0.6 is 23.6 Å². The van der Waals surface area contributed by atoms with E-state index in [2.05, 4.69) is 23.4 Å². The number of rotatable bonds is 2. The number of pyridine rings is 1. The van der Waals surface area contributed by atoms with Crippen LogP contribution in [0.15, 0.2) is 29.8 Å². The monoisotopic (exact) mass is 317 g/mol. The van der Waals surface area contributed by atoms with E-state index in [0.717, 1.165) is 13.0 Å².